The van der Waals surface area contributed by atoms with E-state index in [4.69, 9.17) is 11.6 Å². The van der Waals surface area contributed by atoms with Crippen molar-refractivity contribution < 1.29 is 19.1 Å². The highest BCUT2D eigenvalue weighted by Crippen LogP contribution is 1.96. The lowest BCUT2D eigenvalue weighted by Crippen LogP contribution is -1.98. The van der Waals surface area contributed by atoms with E-state index < -0.39 is 5.97 Å². The first-order valence-electron chi connectivity index (χ1n) is 3.53. The van der Waals surface area contributed by atoms with Crippen molar-refractivity contribution in [3.8, 4) is 0 Å². The van der Waals surface area contributed by atoms with Gasteiger partial charge in [-0.15, -0.1) is 0 Å². The Morgan fingerprint density at radius 3 is 1.43 bits per heavy atom. The molecule has 80 valence electrons. The van der Waals surface area contributed by atoms with Gasteiger partial charge in [0, 0.05) is 5.57 Å². The van der Waals surface area contributed by atoms with Gasteiger partial charge < -0.3 is 9.47 Å². The van der Waals surface area contributed by atoms with Crippen LogP contribution in [0, 0.1) is 0 Å². The molecule has 0 radical (unpaired) electrons. The molecule has 0 aromatic rings. The Bertz CT molecular complexity index is 219. The summed E-state index contributed by atoms with van der Waals surface area (Å²) in [6, 6.07) is 0. The first-order chi connectivity index (χ1) is 6.36. The van der Waals surface area contributed by atoms with Gasteiger partial charge in [-0.3, -0.25) is 0 Å². The highest BCUT2D eigenvalue weighted by Gasteiger charge is 1.98. The zero-order valence-electron chi connectivity index (χ0n) is 8.43. The maximum absolute atomic E-state index is 10.2. The molecule has 0 saturated heterocycles. The van der Waals surface area contributed by atoms with Gasteiger partial charge in [-0.25, -0.2) is 9.59 Å². The van der Waals surface area contributed by atoms with Gasteiger partial charge in [0.05, 0.1) is 14.2 Å². The van der Waals surface area contributed by atoms with Crippen molar-refractivity contribution in [2.24, 2.45) is 0 Å². The molecule has 0 saturated carbocycles. The first-order valence-corrected chi connectivity index (χ1v) is 3.91. The number of carbonyl (C=O) groups excluding carboxylic acids is 2. The molecule has 5 heteroatoms. The van der Waals surface area contributed by atoms with Crippen molar-refractivity contribution in [3.63, 3.8) is 0 Å². The monoisotopic (exact) mass is 220 g/mol. The third kappa shape index (κ3) is 8.80. The van der Waals surface area contributed by atoms with Gasteiger partial charge in [0.1, 0.15) is 5.03 Å². The molecule has 0 aliphatic heterocycles. The Morgan fingerprint density at radius 2 is 1.43 bits per heavy atom. The second kappa shape index (κ2) is 8.31. The first kappa shape index (κ1) is 15.2. The lowest BCUT2D eigenvalue weighted by atomic mass is 10.4. The average molecular weight is 221 g/mol. The SMILES string of the molecule is C=C(C)C(=O)OC.C=C(Cl)C(=O)OC. The number of carbonyl (C=O) groups is 2. The van der Waals surface area contributed by atoms with Crippen LogP contribution in [0.25, 0.3) is 0 Å². The molecular formula is C9H13ClO4. The van der Waals surface area contributed by atoms with Crippen LogP contribution in [0.3, 0.4) is 0 Å². The van der Waals surface area contributed by atoms with E-state index in [9.17, 15) is 9.59 Å². The van der Waals surface area contributed by atoms with Crippen LogP contribution in [-0.2, 0) is 19.1 Å². The summed E-state index contributed by atoms with van der Waals surface area (Å²) in [7, 11) is 2.58. The number of halogens is 1. The van der Waals surface area contributed by atoms with Gasteiger partial charge in [0.25, 0.3) is 0 Å². The molecule has 4 nitrogen and oxygen atoms in total. The molecule has 0 aliphatic carbocycles. The van der Waals surface area contributed by atoms with Crippen LogP contribution in [0.5, 0.6) is 0 Å². The topological polar surface area (TPSA) is 52.6 Å². The van der Waals surface area contributed by atoms with Crippen LogP contribution >= 0.6 is 11.6 Å². The van der Waals surface area contributed by atoms with E-state index in [0.29, 0.717) is 5.57 Å². The molecule has 0 fully saturated rings. The average Bonchev–Trinajstić information content (AvgIpc) is 2.15. The molecule has 0 rings (SSSR count). The second-order valence-electron chi connectivity index (χ2n) is 2.17. The minimum absolute atomic E-state index is 0.0949. The van der Waals surface area contributed by atoms with Gasteiger partial charge >= 0.3 is 11.9 Å². The standard InChI is InChI=1S/C5H8O2.C4H5ClO2/c1-4(2)5(6)7-3;1-3(5)4(6)7-2/h1H2,2-3H3;1H2,2H3. The summed E-state index contributed by atoms with van der Waals surface area (Å²) in [5, 5.41) is -0.0949. The molecule has 0 aliphatic rings. The van der Waals surface area contributed by atoms with E-state index in [1.165, 1.54) is 14.2 Å². The Labute approximate surface area is 88.1 Å². The zero-order chi connectivity index (χ0) is 11.7. The molecule has 0 amide bonds. The number of ether oxygens (including phenoxy) is 2. The Kier molecular flexibility index (Phi) is 9.02. The Balaban J connectivity index is 0. The molecule has 0 atom stereocenters. The zero-order valence-corrected chi connectivity index (χ0v) is 9.18. The molecule has 0 bridgehead atoms. The van der Waals surface area contributed by atoms with Crippen LogP contribution in [0.1, 0.15) is 6.92 Å². The maximum Gasteiger partial charge on any atom is 0.348 e. The minimum Gasteiger partial charge on any atom is -0.466 e. The molecule has 0 spiro atoms. The molecular weight excluding hydrogens is 208 g/mol. The Morgan fingerprint density at radius 1 is 1.07 bits per heavy atom. The van der Waals surface area contributed by atoms with Crippen molar-refractivity contribution in [2.45, 2.75) is 6.92 Å². The van der Waals surface area contributed by atoms with Crippen molar-refractivity contribution in [2.75, 3.05) is 14.2 Å². The quantitative estimate of drug-likeness (QED) is 0.525. The fraction of sp³-hybridized carbons (Fsp3) is 0.333. The number of hydrogen-bond donors (Lipinski definition) is 0. The van der Waals surface area contributed by atoms with E-state index >= 15 is 0 Å². The normalized spacial score (nSPS) is 7.71. The highest BCUT2D eigenvalue weighted by atomic mass is 35.5. The van der Waals surface area contributed by atoms with Gasteiger partial charge in [0.2, 0.25) is 0 Å². The molecule has 0 heterocycles. The van der Waals surface area contributed by atoms with Gasteiger partial charge in [-0.1, -0.05) is 24.8 Å². The summed E-state index contributed by atoms with van der Waals surface area (Å²) in [6.45, 7) is 8.07. The van der Waals surface area contributed by atoms with E-state index in [-0.39, 0.29) is 11.0 Å². The molecule has 14 heavy (non-hydrogen) atoms. The van der Waals surface area contributed by atoms with Crippen LogP contribution in [0.2, 0.25) is 0 Å². The van der Waals surface area contributed by atoms with E-state index in [0.717, 1.165) is 0 Å². The predicted octanol–water partition coefficient (Wildman–Crippen LogP) is 1.65. The van der Waals surface area contributed by atoms with E-state index in [2.05, 4.69) is 22.6 Å². The maximum atomic E-state index is 10.2. The third-order valence-corrected chi connectivity index (χ3v) is 1.10. The summed E-state index contributed by atoms with van der Waals surface area (Å²) in [6.07, 6.45) is 0. The summed E-state index contributed by atoms with van der Waals surface area (Å²) in [5.74, 6) is -0.929. The summed E-state index contributed by atoms with van der Waals surface area (Å²) in [5.41, 5.74) is 0.433. The van der Waals surface area contributed by atoms with Crippen molar-refractivity contribution >= 4 is 23.5 Å². The third-order valence-electron chi connectivity index (χ3n) is 0.941. The van der Waals surface area contributed by atoms with E-state index in [1.54, 1.807) is 6.92 Å². The van der Waals surface area contributed by atoms with Crippen LogP contribution in [0.15, 0.2) is 23.8 Å². The van der Waals surface area contributed by atoms with E-state index in [1.807, 2.05) is 0 Å². The van der Waals surface area contributed by atoms with Crippen LogP contribution < -0.4 is 0 Å². The molecule has 0 N–H and O–H groups in total. The lowest BCUT2D eigenvalue weighted by molar-refractivity contribution is -0.136. The largest absolute Gasteiger partial charge is 0.466 e. The number of hydrogen-bond acceptors (Lipinski definition) is 4. The predicted molar refractivity (Wildman–Crippen MR) is 53.8 cm³/mol. The molecule has 0 aromatic heterocycles. The van der Waals surface area contributed by atoms with Crippen LogP contribution in [-0.4, -0.2) is 26.2 Å². The van der Waals surface area contributed by atoms with Crippen LogP contribution in [0.4, 0.5) is 0 Å². The molecule has 0 unspecified atom stereocenters. The second-order valence-corrected chi connectivity index (χ2v) is 2.62. The summed E-state index contributed by atoms with van der Waals surface area (Å²) < 4.78 is 8.41. The highest BCUT2D eigenvalue weighted by molar-refractivity contribution is 6.40. The van der Waals surface area contributed by atoms with Gasteiger partial charge in [-0.2, -0.15) is 0 Å². The number of methoxy groups -OCH3 is 2. The number of esters is 2. The van der Waals surface area contributed by atoms with Crippen molar-refractivity contribution in [1.82, 2.24) is 0 Å². The summed E-state index contributed by atoms with van der Waals surface area (Å²) in [4.78, 5) is 20.2. The fourth-order valence-corrected chi connectivity index (χ4v) is 0.362. The smallest absolute Gasteiger partial charge is 0.348 e. The van der Waals surface area contributed by atoms with Gasteiger partial charge in [0.15, 0.2) is 0 Å². The van der Waals surface area contributed by atoms with Crippen molar-refractivity contribution in [3.05, 3.63) is 23.8 Å². The Hall–Kier alpha value is -1.29. The molecule has 0 aromatic carbocycles. The fourth-order valence-electron chi connectivity index (χ4n) is 0.285. The lowest BCUT2D eigenvalue weighted by Gasteiger charge is -1.91. The number of rotatable bonds is 2. The van der Waals surface area contributed by atoms with Gasteiger partial charge in [-0.05, 0) is 6.92 Å². The van der Waals surface area contributed by atoms with Crippen molar-refractivity contribution in [1.29, 1.82) is 0 Å². The summed E-state index contributed by atoms with van der Waals surface area (Å²) >= 11 is 5.06. The minimum atomic E-state index is -0.582.